The molecule has 0 amide bonds. The van der Waals surface area contributed by atoms with Crippen LogP contribution in [0.4, 0.5) is 0 Å². The third kappa shape index (κ3) is 12.2. The van der Waals surface area contributed by atoms with E-state index in [-0.39, 0.29) is 6.42 Å². The summed E-state index contributed by atoms with van der Waals surface area (Å²) in [7, 11) is -8.21. The minimum Gasteiger partial charge on any atom is -0.460 e. The van der Waals surface area contributed by atoms with Gasteiger partial charge in [0.25, 0.3) is 10.1 Å². The Morgan fingerprint density at radius 2 is 1.27 bits per heavy atom. The molecule has 2 atom stereocenters. The van der Waals surface area contributed by atoms with Crippen LogP contribution in [-0.4, -0.2) is 50.2 Å². The van der Waals surface area contributed by atoms with E-state index >= 15 is 0 Å². The van der Waals surface area contributed by atoms with Gasteiger partial charge in [0.2, 0.25) is 0 Å². The van der Waals surface area contributed by atoms with Crippen molar-refractivity contribution < 1.29 is 30.9 Å². The Balaban J connectivity index is 2.02. The average molecular weight is 469 g/mol. The van der Waals surface area contributed by atoms with Crippen molar-refractivity contribution in [3.8, 4) is 0 Å². The van der Waals surface area contributed by atoms with Gasteiger partial charge in [0.15, 0.2) is 9.84 Å². The fourth-order valence-corrected chi connectivity index (χ4v) is 7.48. The highest BCUT2D eigenvalue weighted by molar-refractivity contribution is 7.94. The van der Waals surface area contributed by atoms with Crippen LogP contribution in [0.25, 0.3) is 0 Å². The van der Waals surface area contributed by atoms with Crippen molar-refractivity contribution in [3.05, 3.63) is 0 Å². The molecule has 1 fully saturated rings. The predicted molar refractivity (Wildman–Crippen MR) is 119 cm³/mol. The second-order valence-corrected chi connectivity index (χ2v) is 12.3. The fourth-order valence-electron chi connectivity index (χ4n) is 3.86. The average Bonchev–Trinajstić information content (AvgIpc) is 2.96. The van der Waals surface area contributed by atoms with Crippen molar-refractivity contribution in [2.24, 2.45) is 0 Å². The van der Waals surface area contributed by atoms with Gasteiger partial charge in [0.05, 0.1) is 11.5 Å². The second kappa shape index (κ2) is 14.4. The number of esters is 1. The van der Waals surface area contributed by atoms with Gasteiger partial charge in [-0.15, -0.1) is 0 Å². The molecule has 0 aromatic rings. The van der Waals surface area contributed by atoms with Gasteiger partial charge in [-0.05, 0) is 6.42 Å². The maximum atomic E-state index is 11.9. The SMILES string of the molecule is CCCCCCCCCCCCCCCCC(=O)O[C@@H]1CS(=O)(=O)C[C@@H]1S(=O)(=O)O. The largest absolute Gasteiger partial charge is 0.460 e. The topological polar surface area (TPSA) is 115 Å². The summed E-state index contributed by atoms with van der Waals surface area (Å²) < 4.78 is 60.0. The first-order valence-corrected chi connectivity index (χ1v) is 14.8. The Morgan fingerprint density at radius 1 is 0.833 bits per heavy atom. The van der Waals surface area contributed by atoms with Crippen LogP contribution in [0.3, 0.4) is 0 Å². The Hall–Kier alpha value is -0.670. The minimum atomic E-state index is -4.57. The lowest BCUT2D eigenvalue weighted by molar-refractivity contribution is -0.147. The van der Waals surface area contributed by atoms with Crippen LogP contribution >= 0.6 is 0 Å². The van der Waals surface area contributed by atoms with Crippen LogP contribution in [0.1, 0.15) is 103 Å². The summed E-state index contributed by atoms with van der Waals surface area (Å²) in [5, 5.41) is -1.58. The van der Waals surface area contributed by atoms with E-state index < -0.39 is 48.8 Å². The van der Waals surface area contributed by atoms with Gasteiger partial charge in [-0.1, -0.05) is 90.4 Å². The van der Waals surface area contributed by atoms with Crippen LogP contribution in [0.2, 0.25) is 0 Å². The van der Waals surface area contributed by atoms with Gasteiger partial charge in [-0.3, -0.25) is 9.35 Å². The molecule has 0 aromatic carbocycles. The van der Waals surface area contributed by atoms with Crippen molar-refractivity contribution in [1.82, 2.24) is 0 Å². The number of hydrogen-bond donors (Lipinski definition) is 1. The zero-order chi connectivity index (χ0) is 22.5. The summed E-state index contributed by atoms with van der Waals surface area (Å²) in [6, 6.07) is 0. The molecular weight excluding hydrogens is 428 g/mol. The summed E-state index contributed by atoms with van der Waals surface area (Å²) in [5.74, 6) is -1.87. The van der Waals surface area contributed by atoms with E-state index in [1.54, 1.807) is 0 Å². The van der Waals surface area contributed by atoms with E-state index in [1.165, 1.54) is 64.2 Å². The summed E-state index contributed by atoms with van der Waals surface area (Å²) in [4.78, 5) is 11.9. The van der Waals surface area contributed by atoms with Crippen molar-refractivity contribution in [2.75, 3.05) is 11.5 Å². The minimum absolute atomic E-state index is 0.132. The smallest absolute Gasteiger partial charge is 0.306 e. The van der Waals surface area contributed by atoms with Crippen LogP contribution in [0.5, 0.6) is 0 Å². The highest BCUT2D eigenvalue weighted by Crippen LogP contribution is 2.23. The Morgan fingerprint density at radius 3 is 1.70 bits per heavy atom. The summed E-state index contributed by atoms with van der Waals surface area (Å²) >= 11 is 0. The number of unbranched alkanes of at least 4 members (excludes halogenated alkanes) is 13. The lowest BCUT2D eigenvalue weighted by atomic mass is 10.0. The number of carbonyl (C=O) groups is 1. The zero-order valence-corrected chi connectivity index (χ0v) is 20.0. The maximum absolute atomic E-state index is 11.9. The maximum Gasteiger partial charge on any atom is 0.306 e. The molecule has 30 heavy (non-hydrogen) atoms. The van der Waals surface area contributed by atoms with Gasteiger partial charge >= 0.3 is 5.97 Å². The van der Waals surface area contributed by atoms with Gasteiger partial charge < -0.3 is 4.74 Å². The standard InChI is InChI=1S/C21H40O7S2/c1-2-3-4-5-6-7-8-9-10-11-12-13-14-15-16-21(22)28-19-17-29(23,24)18-20(19)30(25,26)27/h19-20H,2-18H2,1H3,(H,25,26,27)/t19-,20+/m1/s1. The molecule has 0 saturated carbocycles. The molecule has 1 aliphatic heterocycles. The molecule has 1 heterocycles. The summed E-state index contributed by atoms with van der Waals surface area (Å²) in [6.07, 6.45) is 15.6. The molecule has 178 valence electrons. The van der Waals surface area contributed by atoms with Crippen molar-refractivity contribution in [3.63, 3.8) is 0 Å². The third-order valence-corrected chi connectivity index (χ3v) is 8.80. The molecule has 0 aromatic heterocycles. The molecule has 1 aliphatic rings. The molecule has 0 bridgehead atoms. The van der Waals surface area contributed by atoms with Crippen LogP contribution < -0.4 is 0 Å². The number of hydrogen-bond acceptors (Lipinski definition) is 6. The molecule has 0 aliphatic carbocycles. The number of rotatable bonds is 17. The molecule has 0 radical (unpaired) electrons. The Bertz CT molecular complexity index is 686. The third-order valence-electron chi connectivity index (χ3n) is 5.65. The van der Waals surface area contributed by atoms with Crippen LogP contribution in [0, 0.1) is 0 Å². The molecule has 9 heteroatoms. The number of sulfone groups is 1. The molecule has 0 unspecified atom stereocenters. The van der Waals surface area contributed by atoms with E-state index in [2.05, 4.69) is 6.92 Å². The molecule has 1 saturated heterocycles. The molecule has 0 spiro atoms. The van der Waals surface area contributed by atoms with E-state index in [0.717, 1.165) is 19.3 Å². The molecular formula is C21H40O7S2. The van der Waals surface area contributed by atoms with Gasteiger partial charge in [0, 0.05) is 6.42 Å². The number of carbonyl (C=O) groups excluding carboxylic acids is 1. The van der Waals surface area contributed by atoms with Gasteiger partial charge in [0.1, 0.15) is 11.4 Å². The lowest BCUT2D eigenvalue weighted by Gasteiger charge is -2.16. The van der Waals surface area contributed by atoms with Gasteiger partial charge in [-0.25, -0.2) is 8.42 Å². The highest BCUT2D eigenvalue weighted by Gasteiger charge is 2.47. The number of ether oxygens (including phenoxy) is 1. The van der Waals surface area contributed by atoms with E-state index in [9.17, 15) is 21.6 Å². The molecule has 7 nitrogen and oxygen atoms in total. The fraction of sp³-hybridized carbons (Fsp3) is 0.952. The monoisotopic (exact) mass is 468 g/mol. The van der Waals surface area contributed by atoms with Crippen LogP contribution in [0.15, 0.2) is 0 Å². The predicted octanol–water partition coefficient (Wildman–Crippen LogP) is 4.45. The van der Waals surface area contributed by atoms with Gasteiger partial charge in [-0.2, -0.15) is 8.42 Å². The summed E-state index contributed by atoms with van der Waals surface area (Å²) in [5.41, 5.74) is 0. The lowest BCUT2D eigenvalue weighted by Crippen LogP contribution is -2.36. The van der Waals surface area contributed by atoms with E-state index in [0.29, 0.717) is 6.42 Å². The molecule has 1 N–H and O–H groups in total. The Kier molecular flexibility index (Phi) is 13.1. The van der Waals surface area contributed by atoms with Crippen LogP contribution in [-0.2, 0) is 29.5 Å². The first kappa shape index (κ1) is 27.4. The van der Waals surface area contributed by atoms with E-state index in [1.807, 2.05) is 0 Å². The quantitative estimate of drug-likeness (QED) is 0.190. The molecule has 1 rings (SSSR count). The Labute approximate surface area is 183 Å². The first-order chi connectivity index (χ1) is 14.2. The normalized spacial score (nSPS) is 21.0. The van der Waals surface area contributed by atoms with Crippen molar-refractivity contribution in [2.45, 2.75) is 115 Å². The second-order valence-electron chi connectivity index (χ2n) is 8.50. The first-order valence-electron chi connectivity index (χ1n) is 11.5. The highest BCUT2D eigenvalue weighted by atomic mass is 32.2. The zero-order valence-electron chi connectivity index (χ0n) is 18.4. The van der Waals surface area contributed by atoms with Crippen molar-refractivity contribution >= 4 is 25.9 Å². The van der Waals surface area contributed by atoms with Crippen molar-refractivity contribution in [1.29, 1.82) is 0 Å². The summed E-state index contributed by atoms with van der Waals surface area (Å²) in [6.45, 7) is 2.23. The van der Waals surface area contributed by atoms with E-state index in [4.69, 9.17) is 9.29 Å².